The SMILES string of the molecule is C.C.C.C.CC1(C)OB(c2ccc(B3OC(C)(C)C(C)(C)O3)c3nsnc23)OC1(C)C.COc1cc2c3c(c(C)cc2c2c1-c1sc(-c4ccc(C)c5nsnc45)cc1C2(C)C)-c1sc(C)cc1C3(C)C.COc1cc2c3c(c(C)cc2c2c1-c1sc(Br)cc1C2(C)C)-c1sc(Br)cc1C3(C)C. The third kappa shape index (κ3) is 10.7. The fraction of sp³-hybridized carbons (Fsp3) is 0.415. The summed E-state index contributed by atoms with van der Waals surface area (Å²) in [6.45, 7) is 44.3. The molecule has 0 atom stereocenters. The van der Waals surface area contributed by atoms with Gasteiger partial charge in [-0.2, -0.15) is 17.5 Å². The van der Waals surface area contributed by atoms with Gasteiger partial charge in [-0.05, 0) is 245 Å². The molecule has 0 unspecified atom stereocenters. The molecular weight excluding hydrogens is 1510 g/mol. The standard InChI is InChI=1S/C34H30N2OS3.C26H22Br2OS2.C18H26B2N2O4S.4CH4/c1-15-9-10-18(30-29(15)35-40-36-30)24-14-22-32(39-24)26-23(37-8)13-20-19(28(26)34(22,6)7)11-16(2)25-27(20)33(4,5)21-12-17(3)38-31(21)25;1-11-7-12-13(21-19(11)23-14(25(21,2)3)9-17(27)30-23)8-16(29-6)20-22(12)26(4,5)15-10-18(28)31-24(15)20;1-15(2)16(3,4)24-19(23-15)11-9-10-12(14-13(11)21-27-22-14)20-25-17(5,6)18(7,8)26-20;;;;/h9-14H,1-8H3;7-10H,1-6H3;9-10H,1-8H3;4*1H4. The minimum atomic E-state index is -0.478. The summed E-state index contributed by atoms with van der Waals surface area (Å²) in [7, 11) is 2.68. The molecule has 8 heterocycles. The summed E-state index contributed by atoms with van der Waals surface area (Å²) in [4.78, 5) is 8.14. The Bertz CT molecular complexity index is 5370. The first-order chi connectivity index (χ1) is 45.9. The zero-order valence-electron chi connectivity index (χ0n) is 59.5. The van der Waals surface area contributed by atoms with Crippen molar-refractivity contribution < 1.29 is 28.1 Å². The second-order valence-electron chi connectivity index (χ2n) is 31.5. The van der Waals surface area contributed by atoms with Gasteiger partial charge in [-0.1, -0.05) is 121 Å². The maximum absolute atomic E-state index is 6.23. The van der Waals surface area contributed by atoms with Crippen LogP contribution in [0.2, 0.25) is 0 Å². The van der Waals surface area contributed by atoms with E-state index in [1.165, 1.54) is 171 Å². The zero-order chi connectivity index (χ0) is 69.7. The van der Waals surface area contributed by atoms with Gasteiger partial charge in [-0.15, -0.1) is 45.3 Å². The van der Waals surface area contributed by atoms with Crippen LogP contribution in [0.4, 0.5) is 0 Å². The van der Waals surface area contributed by atoms with Crippen molar-refractivity contribution in [2.24, 2.45) is 0 Å². The molecule has 12 aromatic rings. The Morgan fingerprint density at radius 3 is 1.14 bits per heavy atom. The van der Waals surface area contributed by atoms with Crippen molar-refractivity contribution in [1.82, 2.24) is 17.5 Å². The number of halogens is 2. The molecular formula is C82H94B2Br2N4O6S6. The molecule has 20 heteroatoms. The fourth-order valence-electron chi connectivity index (χ4n) is 16.6. The Balaban J connectivity index is 0.000000145. The number of hydrogen-bond donors (Lipinski definition) is 0. The van der Waals surface area contributed by atoms with Crippen LogP contribution >= 0.6 is 101 Å². The minimum Gasteiger partial charge on any atom is -0.496 e. The fourth-order valence-corrected chi connectivity index (χ4v) is 24.2. The number of nitrogens with zero attached hydrogens (tertiary/aromatic N) is 4. The average Bonchev–Trinajstić information content (AvgIpc) is 1.50. The summed E-state index contributed by atoms with van der Waals surface area (Å²) in [5.41, 5.74) is 25.2. The predicted octanol–water partition coefficient (Wildman–Crippen LogP) is 24.4. The van der Waals surface area contributed by atoms with E-state index < -0.39 is 36.6 Å². The highest BCUT2D eigenvalue weighted by Crippen LogP contribution is 2.65. The second kappa shape index (κ2) is 25.2. The Kier molecular flexibility index (Phi) is 18.9. The Hall–Kier alpha value is -5.19. The van der Waals surface area contributed by atoms with Crippen molar-refractivity contribution in [3.05, 3.63) is 146 Å². The molecule has 2 aliphatic heterocycles. The van der Waals surface area contributed by atoms with E-state index in [0.29, 0.717) is 0 Å². The largest absolute Gasteiger partial charge is 0.497 e. The Morgan fingerprint density at radius 2 is 0.716 bits per heavy atom. The van der Waals surface area contributed by atoms with Crippen molar-refractivity contribution in [3.63, 3.8) is 0 Å². The first-order valence-electron chi connectivity index (χ1n) is 33.4. The molecule has 0 bridgehead atoms. The van der Waals surface area contributed by atoms with Crippen LogP contribution in [0.25, 0.3) is 95.8 Å². The number of benzene rings is 6. The number of aryl methyl sites for hydroxylation is 4. The van der Waals surface area contributed by atoms with Gasteiger partial charge in [0.1, 0.15) is 33.6 Å². The quantitative estimate of drug-likeness (QED) is 0.155. The van der Waals surface area contributed by atoms with E-state index in [0.717, 1.165) is 44.5 Å². The highest BCUT2D eigenvalue weighted by Gasteiger charge is 2.55. The van der Waals surface area contributed by atoms with Gasteiger partial charge in [-0.3, -0.25) is 0 Å². The lowest BCUT2D eigenvalue weighted by Gasteiger charge is -2.32. The van der Waals surface area contributed by atoms with E-state index >= 15 is 0 Å². The highest BCUT2D eigenvalue weighted by molar-refractivity contribution is 9.11. The summed E-state index contributed by atoms with van der Waals surface area (Å²) < 4.78 is 57.8. The number of aromatic nitrogens is 4. The van der Waals surface area contributed by atoms with Crippen LogP contribution in [0, 0.1) is 27.7 Å². The van der Waals surface area contributed by atoms with E-state index in [2.05, 4.69) is 193 Å². The summed E-state index contributed by atoms with van der Waals surface area (Å²) >= 11 is 17.4. The Labute approximate surface area is 645 Å². The molecule has 534 valence electrons. The molecule has 6 aromatic heterocycles. The third-order valence-electron chi connectivity index (χ3n) is 23.1. The normalized spacial score (nSPS) is 18.1. The van der Waals surface area contributed by atoms with Gasteiger partial charge in [0.2, 0.25) is 0 Å². The van der Waals surface area contributed by atoms with Crippen molar-refractivity contribution in [3.8, 4) is 63.7 Å². The molecule has 2 saturated heterocycles. The van der Waals surface area contributed by atoms with E-state index in [1.54, 1.807) is 0 Å². The lowest BCUT2D eigenvalue weighted by atomic mass is 9.72. The lowest BCUT2D eigenvalue weighted by molar-refractivity contribution is 0.00578. The van der Waals surface area contributed by atoms with Crippen molar-refractivity contribution in [1.29, 1.82) is 0 Å². The van der Waals surface area contributed by atoms with E-state index in [-0.39, 0.29) is 51.4 Å². The molecule has 2 fully saturated rings. The third-order valence-corrected chi connectivity index (χ3v) is 29.7. The maximum Gasteiger partial charge on any atom is 0.497 e. The van der Waals surface area contributed by atoms with Crippen LogP contribution in [-0.4, -0.2) is 68.4 Å². The summed E-state index contributed by atoms with van der Waals surface area (Å²) in [5, 5.41) is 5.41. The van der Waals surface area contributed by atoms with Gasteiger partial charge in [0, 0.05) is 78.5 Å². The molecule has 18 rings (SSSR count). The predicted molar refractivity (Wildman–Crippen MR) is 449 cm³/mol. The monoisotopic (exact) mass is 1600 g/mol. The van der Waals surface area contributed by atoms with Crippen LogP contribution in [0.15, 0.2) is 80.4 Å². The zero-order valence-corrected chi connectivity index (χ0v) is 67.6. The molecule has 10 nitrogen and oxygen atoms in total. The first kappa shape index (κ1) is 76.5. The van der Waals surface area contributed by atoms with Gasteiger partial charge < -0.3 is 28.1 Å². The number of thiophene rings is 4. The van der Waals surface area contributed by atoms with Gasteiger partial charge in [-0.25, -0.2) is 0 Å². The summed E-state index contributed by atoms with van der Waals surface area (Å²) in [6.07, 6.45) is 0. The number of rotatable bonds is 5. The topological polar surface area (TPSA) is 107 Å². The number of ether oxygens (including phenoxy) is 2. The average molecular weight is 1610 g/mol. The number of hydrogen-bond acceptors (Lipinski definition) is 16. The minimum absolute atomic E-state index is 0. The van der Waals surface area contributed by atoms with Gasteiger partial charge >= 0.3 is 14.2 Å². The molecule has 4 aliphatic carbocycles. The molecule has 0 N–H and O–H groups in total. The lowest BCUT2D eigenvalue weighted by Crippen LogP contribution is -2.41. The van der Waals surface area contributed by atoms with Gasteiger partial charge in [0.25, 0.3) is 0 Å². The van der Waals surface area contributed by atoms with E-state index in [1.807, 2.05) is 127 Å². The van der Waals surface area contributed by atoms with Gasteiger partial charge in [0.15, 0.2) is 0 Å². The smallest absolute Gasteiger partial charge is 0.496 e. The van der Waals surface area contributed by atoms with E-state index in [9.17, 15) is 0 Å². The molecule has 0 saturated carbocycles. The molecule has 0 spiro atoms. The maximum atomic E-state index is 6.23. The van der Waals surface area contributed by atoms with Crippen LogP contribution in [0.3, 0.4) is 0 Å². The molecule has 102 heavy (non-hydrogen) atoms. The molecule has 0 amide bonds. The summed E-state index contributed by atoms with van der Waals surface area (Å²) in [6, 6.07) is 27.3. The van der Waals surface area contributed by atoms with Crippen molar-refractivity contribution in [2.45, 2.75) is 212 Å². The van der Waals surface area contributed by atoms with Crippen LogP contribution in [0.1, 0.15) is 207 Å². The van der Waals surface area contributed by atoms with Crippen molar-refractivity contribution >= 4 is 169 Å². The van der Waals surface area contributed by atoms with Gasteiger partial charge in [0.05, 0.1) is 67.7 Å². The van der Waals surface area contributed by atoms with Crippen LogP contribution in [-0.2, 0) is 40.3 Å². The summed E-state index contributed by atoms with van der Waals surface area (Å²) in [5.74, 6) is 1.96. The number of methoxy groups -OCH3 is 2. The highest BCUT2D eigenvalue weighted by atomic mass is 79.9. The Morgan fingerprint density at radius 1 is 0.373 bits per heavy atom. The molecule has 6 aromatic carbocycles. The first-order valence-corrected chi connectivity index (χ1v) is 39.7. The van der Waals surface area contributed by atoms with Crippen LogP contribution in [0.5, 0.6) is 11.5 Å². The molecule has 0 radical (unpaired) electrons. The van der Waals surface area contributed by atoms with Crippen LogP contribution < -0.4 is 20.4 Å². The number of fused-ring (bicyclic) bond motifs is 20. The molecule has 6 aliphatic rings. The van der Waals surface area contributed by atoms with Crippen molar-refractivity contribution in [2.75, 3.05) is 14.2 Å². The second-order valence-corrected chi connectivity index (χ2v) is 39.8. The van der Waals surface area contributed by atoms with E-state index in [4.69, 9.17) is 28.1 Å².